The molecule has 0 aromatic carbocycles. The third-order valence-corrected chi connectivity index (χ3v) is 1.34. The van der Waals surface area contributed by atoms with Gasteiger partial charge in [0.05, 0.1) is 6.26 Å². The summed E-state index contributed by atoms with van der Waals surface area (Å²) in [7, 11) is 5.55. The zero-order chi connectivity index (χ0) is 32.9. The van der Waals surface area contributed by atoms with Crippen molar-refractivity contribution in [2.45, 2.75) is 34.6 Å². The predicted molar refractivity (Wildman–Crippen MR) is 167 cm³/mol. The molecule has 0 aliphatic heterocycles. The smallest absolute Gasteiger partial charge is 1.00 e. The van der Waals surface area contributed by atoms with Crippen LogP contribution in [-0.2, 0) is 42.5 Å². The number of hydrogen-bond donors (Lipinski definition) is 0. The van der Waals surface area contributed by atoms with Crippen LogP contribution in [0.15, 0.2) is 78.9 Å². The van der Waals surface area contributed by atoms with E-state index in [9.17, 15) is 13.2 Å². The van der Waals surface area contributed by atoms with Gasteiger partial charge < -0.3 is 39.6 Å². The second-order valence-corrected chi connectivity index (χ2v) is 9.58. The minimum absolute atomic E-state index is 0. The van der Waals surface area contributed by atoms with Crippen LogP contribution in [0.5, 0.6) is 0 Å². The van der Waals surface area contributed by atoms with Gasteiger partial charge in [-0.2, -0.15) is 11.0 Å². The Labute approximate surface area is 332 Å². The number of ketones is 1. The van der Waals surface area contributed by atoms with Gasteiger partial charge in [0.25, 0.3) is 0 Å². The molecule has 0 saturated heterocycles. The molecular formula is C22H48BrCl3LiNNa2O7S3. The van der Waals surface area contributed by atoms with E-state index in [1.165, 1.54) is 33.5 Å². The summed E-state index contributed by atoms with van der Waals surface area (Å²) in [6, 6.07) is 0. The Morgan fingerprint density at radius 1 is 0.775 bits per heavy atom. The minimum Gasteiger partial charge on any atom is -1.00 e. The number of Topliss-reactive ketones (excluding diaryl/α,β-unsaturated/α-hetero) is 1. The summed E-state index contributed by atoms with van der Waals surface area (Å²) < 4.78 is 53.2. The maximum atomic E-state index is 9.44. The van der Waals surface area contributed by atoms with Crippen molar-refractivity contribution in [1.82, 2.24) is 4.90 Å². The molecule has 0 bridgehead atoms. The number of hydrogen-bond acceptors (Lipinski definition) is 9. The molecule has 0 unspecified atom stereocenters. The Bertz CT molecular complexity index is 529. The van der Waals surface area contributed by atoms with E-state index in [0.717, 1.165) is 6.26 Å². The molecule has 0 aliphatic carbocycles. The second kappa shape index (κ2) is 124. The molecule has 0 amide bonds. The topological polar surface area (TPSA) is 129 Å². The number of halogens is 4. The Morgan fingerprint density at radius 2 is 0.825 bits per heavy atom. The van der Waals surface area contributed by atoms with E-state index in [4.69, 9.17) is 17.2 Å². The molecule has 0 aromatic heterocycles. The molecule has 40 heavy (non-hydrogen) atoms. The van der Waals surface area contributed by atoms with Crippen LogP contribution >= 0.6 is 32.0 Å². The Morgan fingerprint density at radius 3 is 0.825 bits per heavy atom. The van der Waals surface area contributed by atoms with Gasteiger partial charge in [-0.1, -0.05) is 20.8 Å². The number of nitrogens with zero attached hydrogens (tertiary/aromatic N) is 1. The van der Waals surface area contributed by atoms with Crippen LogP contribution in [-0.4, -0.2) is 53.8 Å². The fourth-order valence-corrected chi connectivity index (χ4v) is 0.671. The first-order valence-corrected chi connectivity index (χ1v) is 15.7. The van der Waals surface area contributed by atoms with Gasteiger partial charge in [0.2, 0.25) is 18.3 Å². The predicted octanol–water partition coefficient (Wildman–Crippen LogP) is -4.57. The van der Waals surface area contributed by atoms with Gasteiger partial charge in [0.15, 0.2) is 0 Å². The summed E-state index contributed by atoms with van der Waals surface area (Å²) in [4.78, 5) is 11.8. The summed E-state index contributed by atoms with van der Waals surface area (Å²) in [5.41, 5.74) is 0. The Kier molecular flexibility index (Phi) is 300. The minimum atomic E-state index is -3.19. The number of rotatable bonds is 3. The first-order valence-electron chi connectivity index (χ1n) is 9.15. The van der Waals surface area contributed by atoms with Crippen LogP contribution in [0, 0.1) is 0 Å². The molecule has 0 spiro atoms. The van der Waals surface area contributed by atoms with Crippen molar-refractivity contribution >= 4 is 67.1 Å². The fourth-order valence-electron chi connectivity index (χ4n) is 0.671. The molecule has 0 aromatic rings. The summed E-state index contributed by atoms with van der Waals surface area (Å²) in [5.74, 6) is 0.167. The quantitative estimate of drug-likeness (QED) is 0.0702. The molecule has 0 saturated carbocycles. The zero-order valence-corrected chi connectivity index (χ0v) is 36.5. The van der Waals surface area contributed by atoms with Crippen molar-refractivity contribution in [3.05, 3.63) is 78.9 Å². The van der Waals surface area contributed by atoms with Crippen LogP contribution in [0.3, 0.4) is 0 Å². The van der Waals surface area contributed by atoms with E-state index < -0.39 is 29.3 Å². The summed E-state index contributed by atoms with van der Waals surface area (Å²) in [6.45, 7) is 49.2. The van der Waals surface area contributed by atoms with E-state index in [1.54, 1.807) is 0 Å². The maximum Gasteiger partial charge on any atom is 1.00 e. The van der Waals surface area contributed by atoms with Crippen molar-refractivity contribution in [2.75, 3.05) is 25.9 Å². The third-order valence-electron chi connectivity index (χ3n) is 1.34. The normalized spacial score (nSPS) is 6.22. The molecule has 0 aliphatic rings. The van der Waals surface area contributed by atoms with Crippen molar-refractivity contribution in [2.24, 2.45) is 0 Å². The third kappa shape index (κ3) is 946. The van der Waals surface area contributed by atoms with Crippen molar-refractivity contribution in [3.63, 3.8) is 0 Å². The molecule has 0 N–H and O–H groups in total. The van der Waals surface area contributed by atoms with Gasteiger partial charge in [-0.15, -0.1) is 78.9 Å². The van der Waals surface area contributed by atoms with Crippen LogP contribution in [0.1, 0.15) is 34.6 Å². The van der Waals surface area contributed by atoms with Crippen molar-refractivity contribution < 1.29 is 125 Å². The molecule has 8 nitrogen and oxygen atoms in total. The second-order valence-electron chi connectivity index (χ2n) is 3.60. The van der Waals surface area contributed by atoms with Gasteiger partial charge >= 0.3 is 78.0 Å². The van der Waals surface area contributed by atoms with Gasteiger partial charge in [0.1, 0.15) is 5.78 Å². The number of carbonyl (C=O) groups excluding carboxylic acids is 1. The number of carbonyl (C=O) groups is 1. The standard InChI is InChI=1S/C6H15N.C3H6O.6C2H4.CH3ClO2S.BrH.Cl2OS.Li.2Na.O3S/c1-4-7(5-2)6-3;1-3(2)4;6*1-2;1-5(2,3)4;;1-4(2)3;;;;1-4(2)3/h4-6H2,1-3H3;1-2H3;6*1-2H2;1H3;1H;;;;;/q;;;;;;;;;;;3*+1;-2/p-1. The molecular weight excluding hydrogens is 726 g/mol. The van der Waals surface area contributed by atoms with Crippen LogP contribution in [0.25, 0.3) is 0 Å². The van der Waals surface area contributed by atoms with E-state index in [1.807, 2.05) is 0 Å². The molecule has 0 atom stereocenters. The monoisotopic (exact) mass is 771 g/mol. The maximum absolute atomic E-state index is 9.44. The Hall–Kier alpha value is 2.03. The largest absolute Gasteiger partial charge is 1.00 e. The van der Waals surface area contributed by atoms with Gasteiger partial charge in [-0.3, -0.25) is 0 Å². The fraction of sp³-hybridized carbons (Fsp3) is 0.409. The molecule has 232 valence electrons. The molecule has 0 rings (SSSR count). The molecule has 0 fully saturated rings. The van der Waals surface area contributed by atoms with Crippen LogP contribution < -0.4 is 95.0 Å². The van der Waals surface area contributed by atoms with E-state index in [-0.39, 0.29) is 101 Å². The van der Waals surface area contributed by atoms with Gasteiger partial charge in [-0.25, -0.2) is 12.6 Å². The summed E-state index contributed by atoms with van der Waals surface area (Å²) in [5, 5.41) is 0. The zero-order valence-electron chi connectivity index (χ0n) is 26.1. The summed E-state index contributed by atoms with van der Waals surface area (Å²) >= 11 is 0. The first kappa shape index (κ1) is 96.8. The molecule has 0 heterocycles. The van der Waals surface area contributed by atoms with Gasteiger partial charge in [0, 0.05) is 32.0 Å². The van der Waals surface area contributed by atoms with Crippen LogP contribution in [0.4, 0.5) is 0 Å². The molecule has 18 heteroatoms. The van der Waals surface area contributed by atoms with E-state index in [2.05, 4.69) is 137 Å². The van der Waals surface area contributed by atoms with Crippen LogP contribution in [0.2, 0.25) is 0 Å². The average molecular weight is 774 g/mol. The van der Waals surface area contributed by atoms with Crippen molar-refractivity contribution in [3.8, 4) is 0 Å². The Balaban J connectivity index is -0.0000000135. The van der Waals surface area contributed by atoms with E-state index >= 15 is 0 Å². The average Bonchev–Trinajstić information content (AvgIpc) is 2.81. The molecule has 0 radical (unpaired) electrons. The van der Waals surface area contributed by atoms with Crippen molar-refractivity contribution in [1.29, 1.82) is 0 Å². The van der Waals surface area contributed by atoms with E-state index in [0.29, 0.717) is 0 Å². The summed E-state index contributed by atoms with van der Waals surface area (Å²) in [6.07, 6.45) is 0.925. The SMILES string of the molecule is C=C.C=C.C=C.C=C.C=C.C=C.CC(C)=O.CCN(CC)CC.CS(=O)(=O)Cl.O=S(Cl)Cl.O=[S-](=O)[O-].[Br-].[Li+].[Na+].[Na+]. The first-order chi connectivity index (χ1) is 16.5. The van der Waals surface area contributed by atoms with Gasteiger partial charge in [-0.05, 0) is 33.5 Å².